The highest BCUT2D eigenvalue weighted by Crippen LogP contribution is 2.41. The summed E-state index contributed by atoms with van der Waals surface area (Å²) in [6, 6.07) is 9.47. The number of sulfonamides is 1. The Hall–Kier alpha value is -1.35. The third-order valence-electron chi connectivity index (χ3n) is 4.65. The van der Waals surface area contributed by atoms with Crippen LogP contribution in [0.2, 0.25) is 15.1 Å². The minimum Gasteiger partial charge on any atom is -0.321 e. The number of nitrogens with zero attached hydrogens (tertiary/aromatic N) is 1. The van der Waals surface area contributed by atoms with Crippen LogP contribution in [0.4, 0.5) is 5.69 Å². The number of hydrogen-bond acceptors (Lipinski definition) is 4. The number of rotatable bonds is 4. The van der Waals surface area contributed by atoms with Crippen LogP contribution in [-0.2, 0) is 10.0 Å². The molecular weight excluding hydrogens is 475 g/mol. The molecule has 29 heavy (non-hydrogen) atoms. The van der Waals surface area contributed by atoms with Crippen LogP contribution in [0.1, 0.15) is 22.5 Å². The van der Waals surface area contributed by atoms with Gasteiger partial charge >= 0.3 is 0 Å². The summed E-state index contributed by atoms with van der Waals surface area (Å²) in [5.41, 5.74) is 0.368. The van der Waals surface area contributed by atoms with Crippen LogP contribution in [0.25, 0.3) is 10.1 Å². The highest BCUT2D eigenvalue weighted by molar-refractivity contribution is 7.89. The van der Waals surface area contributed by atoms with E-state index in [9.17, 15) is 13.2 Å². The van der Waals surface area contributed by atoms with E-state index in [4.69, 9.17) is 34.8 Å². The molecule has 2 heterocycles. The molecule has 1 aromatic heterocycles. The topological polar surface area (TPSA) is 66.5 Å². The highest BCUT2D eigenvalue weighted by atomic mass is 35.5. The lowest BCUT2D eigenvalue weighted by Gasteiger charge is -2.16. The van der Waals surface area contributed by atoms with Crippen molar-refractivity contribution in [2.24, 2.45) is 0 Å². The zero-order chi connectivity index (χ0) is 20.8. The molecule has 0 bridgehead atoms. The quantitative estimate of drug-likeness (QED) is 0.496. The largest absolute Gasteiger partial charge is 0.321 e. The first-order valence-electron chi connectivity index (χ1n) is 8.76. The first-order valence-corrected chi connectivity index (χ1v) is 12.1. The van der Waals surface area contributed by atoms with Crippen LogP contribution in [0.15, 0.2) is 41.3 Å². The second-order valence-electron chi connectivity index (χ2n) is 6.60. The third-order valence-corrected chi connectivity index (χ3v) is 8.69. The van der Waals surface area contributed by atoms with Crippen molar-refractivity contribution in [3.63, 3.8) is 0 Å². The molecule has 0 unspecified atom stereocenters. The Labute approximate surface area is 187 Å². The van der Waals surface area contributed by atoms with E-state index in [1.165, 1.54) is 27.8 Å². The van der Waals surface area contributed by atoms with E-state index >= 15 is 0 Å². The van der Waals surface area contributed by atoms with Crippen molar-refractivity contribution in [1.29, 1.82) is 0 Å². The first-order chi connectivity index (χ1) is 13.8. The van der Waals surface area contributed by atoms with Gasteiger partial charge in [-0.15, -0.1) is 11.3 Å². The molecule has 10 heteroatoms. The van der Waals surface area contributed by atoms with Crippen molar-refractivity contribution in [2.75, 3.05) is 18.4 Å². The van der Waals surface area contributed by atoms with Crippen molar-refractivity contribution in [1.82, 2.24) is 4.31 Å². The standard InChI is InChI=1S/C19H15Cl3N2O3S2/c20-11-8-14(21)16-15(9-11)28-18(17(16)22)19(25)23-12-4-3-5-13(10-12)29(26,27)24-6-1-2-7-24/h3-5,8-10H,1-2,6-7H2,(H,23,25). The molecule has 1 amide bonds. The number of halogens is 3. The molecule has 0 aliphatic carbocycles. The van der Waals surface area contributed by atoms with E-state index < -0.39 is 15.9 Å². The van der Waals surface area contributed by atoms with Crippen LogP contribution in [0, 0.1) is 0 Å². The van der Waals surface area contributed by atoms with Gasteiger partial charge in [0.2, 0.25) is 10.0 Å². The molecule has 0 spiro atoms. The number of carbonyl (C=O) groups excluding carboxylic acids is 1. The van der Waals surface area contributed by atoms with Gasteiger partial charge in [-0.25, -0.2) is 8.42 Å². The summed E-state index contributed by atoms with van der Waals surface area (Å²) in [6.07, 6.45) is 1.71. The lowest BCUT2D eigenvalue weighted by Crippen LogP contribution is -2.27. The van der Waals surface area contributed by atoms with Crippen LogP contribution in [0.5, 0.6) is 0 Å². The number of nitrogens with one attached hydrogen (secondary N) is 1. The highest BCUT2D eigenvalue weighted by Gasteiger charge is 2.27. The second-order valence-corrected chi connectivity index (χ2v) is 10.8. The van der Waals surface area contributed by atoms with E-state index in [-0.39, 0.29) is 14.8 Å². The molecule has 1 aliphatic rings. The minimum absolute atomic E-state index is 0.148. The average molecular weight is 490 g/mol. The zero-order valence-corrected chi connectivity index (χ0v) is 18.8. The summed E-state index contributed by atoms with van der Waals surface area (Å²) < 4.78 is 27.7. The molecule has 152 valence electrons. The molecule has 5 nitrogen and oxygen atoms in total. The van der Waals surface area contributed by atoms with Gasteiger partial charge in [0.15, 0.2) is 0 Å². The number of amides is 1. The number of fused-ring (bicyclic) bond motifs is 1. The van der Waals surface area contributed by atoms with Crippen LogP contribution < -0.4 is 5.32 Å². The number of hydrogen-bond donors (Lipinski definition) is 1. The molecule has 1 aliphatic heterocycles. The summed E-state index contributed by atoms with van der Waals surface area (Å²) in [5.74, 6) is -0.445. The Bertz CT molecular complexity index is 1220. The summed E-state index contributed by atoms with van der Waals surface area (Å²) in [6.45, 7) is 1.03. The Balaban J connectivity index is 1.63. The molecule has 0 radical (unpaired) electrons. The van der Waals surface area contributed by atoms with Gasteiger partial charge in [-0.05, 0) is 43.2 Å². The smallest absolute Gasteiger partial charge is 0.267 e. The van der Waals surface area contributed by atoms with Gasteiger partial charge in [0.05, 0.1) is 14.9 Å². The van der Waals surface area contributed by atoms with E-state index in [0.29, 0.717) is 38.9 Å². The number of thiophene rings is 1. The van der Waals surface area contributed by atoms with Gasteiger partial charge in [-0.3, -0.25) is 4.79 Å². The van der Waals surface area contributed by atoms with Crippen molar-refractivity contribution >= 4 is 77.8 Å². The predicted molar refractivity (Wildman–Crippen MR) is 119 cm³/mol. The average Bonchev–Trinajstić information content (AvgIpc) is 3.30. The molecule has 0 atom stereocenters. The summed E-state index contributed by atoms with van der Waals surface area (Å²) in [4.78, 5) is 13.2. The van der Waals surface area contributed by atoms with Gasteiger partial charge in [-0.1, -0.05) is 40.9 Å². The molecule has 0 saturated carbocycles. The predicted octanol–water partition coefficient (Wildman–Crippen LogP) is 5.90. The van der Waals surface area contributed by atoms with E-state index in [2.05, 4.69) is 5.32 Å². The molecule has 1 fully saturated rings. The van der Waals surface area contributed by atoms with Crippen molar-refractivity contribution in [3.05, 3.63) is 56.3 Å². The Morgan fingerprint density at radius 3 is 2.52 bits per heavy atom. The first kappa shape index (κ1) is 20.9. The second kappa shape index (κ2) is 8.06. The molecule has 2 aromatic carbocycles. The maximum atomic E-state index is 12.8. The molecule has 3 aromatic rings. The summed E-state index contributed by atoms with van der Waals surface area (Å²) in [5, 5.41) is 4.35. The lowest BCUT2D eigenvalue weighted by molar-refractivity contribution is 0.103. The van der Waals surface area contributed by atoms with Gasteiger partial charge in [0.25, 0.3) is 5.91 Å². The third kappa shape index (κ3) is 4.00. The van der Waals surface area contributed by atoms with Crippen LogP contribution >= 0.6 is 46.1 Å². The summed E-state index contributed by atoms with van der Waals surface area (Å²) in [7, 11) is -3.57. The Morgan fingerprint density at radius 1 is 1.07 bits per heavy atom. The normalized spacial score (nSPS) is 15.1. The molecule has 1 saturated heterocycles. The molecule has 1 N–H and O–H groups in total. The number of anilines is 1. The summed E-state index contributed by atoms with van der Waals surface area (Å²) >= 11 is 19.8. The molecular formula is C19H15Cl3N2O3S2. The van der Waals surface area contributed by atoms with E-state index in [0.717, 1.165) is 12.8 Å². The van der Waals surface area contributed by atoms with Crippen LogP contribution in [0.3, 0.4) is 0 Å². The van der Waals surface area contributed by atoms with E-state index in [1.54, 1.807) is 24.3 Å². The SMILES string of the molecule is O=C(Nc1cccc(S(=O)(=O)N2CCCC2)c1)c1sc2cc(Cl)cc(Cl)c2c1Cl. The fourth-order valence-electron chi connectivity index (χ4n) is 3.26. The minimum atomic E-state index is -3.57. The van der Waals surface area contributed by atoms with Crippen molar-refractivity contribution < 1.29 is 13.2 Å². The fourth-order valence-corrected chi connectivity index (χ4v) is 7.09. The van der Waals surface area contributed by atoms with Gasteiger partial charge < -0.3 is 5.32 Å². The number of benzene rings is 2. The maximum Gasteiger partial charge on any atom is 0.267 e. The maximum absolute atomic E-state index is 12.8. The monoisotopic (exact) mass is 488 g/mol. The van der Waals surface area contributed by atoms with Crippen molar-refractivity contribution in [3.8, 4) is 0 Å². The zero-order valence-electron chi connectivity index (χ0n) is 14.9. The molecule has 4 rings (SSSR count). The van der Waals surface area contributed by atoms with Gasteiger partial charge in [0.1, 0.15) is 4.88 Å². The number of carbonyl (C=O) groups is 1. The van der Waals surface area contributed by atoms with Crippen molar-refractivity contribution in [2.45, 2.75) is 17.7 Å². The fraction of sp³-hybridized carbons (Fsp3) is 0.211. The van der Waals surface area contributed by atoms with E-state index in [1.807, 2.05) is 0 Å². The van der Waals surface area contributed by atoms with Gasteiger partial charge in [0, 0.05) is 33.9 Å². The Morgan fingerprint density at radius 2 is 1.79 bits per heavy atom. The lowest BCUT2D eigenvalue weighted by atomic mass is 10.2. The Kier molecular flexibility index (Phi) is 5.81. The van der Waals surface area contributed by atoms with Gasteiger partial charge in [-0.2, -0.15) is 4.31 Å². The van der Waals surface area contributed by atoms with Crippen LogP contribution in [-0.4, -0.2) is 31.7 Å².